The Kier molecular flexibility index (Phi) is 9.42. The summed E-state index contributed by atoms with van der Waals surface area (Å²) in [7, 11) is 0. The van der Waals surface area contributed by atoms with Gasteiger partial charge in [0.15, 0.2) is 4.80 Å². The van der Waals surface area contributed by atoms with Crippen LogP contribution in [0.15, 0.2) is 68.9 Å². The first-order valence-corrected chi connectivity index (χ1v) is 16.6. The molecule has 4 aromatic rings. The molecule has 1 aliphatic heterocycles. The van der Waals surface area contributed by atoms with Crippen LogP contribution in [0.2, 0.25) is 10.0 Å². The quantitative estimate of drug-likeness (QED) is 0.149. The lowest BCUT2D eigenvalue weighted by Crippen LogP contribution is -2.39. The first-order chi connectivity index (χ1) is 19.2. The number of esters is 1. The fraction of sp³-hybridized carbons (Fsp3) is 0.179. The van der Waals surface area contributed by atoms with Crippen molar-refractivity contribution in [3.05, 3.63) is 112 Å². The zero-order chi connectivity index (χ0) is 28.6. The Labute approximate surface area is 275 Å². The van der Waals surface area contributed by atoms with E-state index in [2.05, 4.69) is 50.2 Å². The number of benzene rings is 2. The Morgan fingerprint density at radius 1 is 1.15 bits per heavy atom. The number of carbonyl (C=O) groups is 1. The number of ether oxygens (including phenoxy) is 2. The molecular weight excluding hydrogens is 817 g/mol. The van der Waals surface area contributed by atoms with Gasteiger partial charge >= 0.3 is 5.97 Å². The fourth-order valence-electron chi connectivity index (χ4n) is 4.24. The number of rotatable bonds is 7. The third-order valence-electron chi connectivity index (χ3n) is 6.02. The highest BCUT2D eigenvalue weighted by Crippen LogP contribution is 2.34. The summed E-state index contributed by atoms with van der Waals surface area (Å²) in [6.45, 7) is 4.12. The summed E-state index contributed by atoms with van der Waals surface area (Å²) in [6.07, 6.45) is 1.85. The van der Waals surface area contributed by atoms with E-state index in [0.29, 0.717) is 37.3 Å². The summed E-state index contributed by atoms with van der Waals surface area (Å²) in [6, 6.07) is 12.6. The highest BCUT2D eigenvalue weighted by molar-refractivity contribution is 14.1. The molecule has 0 bridgehead atoms. The van der Waals surface area contributed by atoms with E-state index in [1.165, 1.54) is 22.7 Å². The number of allylic oxidation sites excluding steroid dienone is 1. The Balaban J connectivity index is 1.51. The number of halogens is 4. The van der Waals surface area contributed by atoms with Crippen LogP contribution in [0.25, 0.3) is 6.08 Å². The van der Waals surface area contributed by atoms with E-state index in [0.717, 1.165) is 28.9 Å². The van der Waals surface area contributed by atoms with Crippen molar-refractivity contribution in [3.8, 4) is 5.75 Å². The molecule has 206 valence electrons. The monoisotopic (exact) mass is 836 g/mol. The molecule has 12 heteroatoms. The van der Waals surface area contributed by atoms with E-state index >= 15 is 0 Å². The average molecular weight is 837 g/mol. The third-order valence-corrected chi connectivity index (χ3v) is 10.3. The van der Waals surface area contributed by atoms with Crippen molar-refractivity contribution in [2.75, 3.05) is 6.61 Å². The Hall–Kier alpha value is -1.71. The van der Waals surface area contributed by atoms with Crippen LogP contribution in [0.5, 0.6) is 5.75 Å². The molecule has 2 aromatic heterocycles. The molecule has 40 heavy (non-hydrogen) atoms. The van der Waals surface area contributed by atoms with Gasteiger partial charge in [-0.15, -0.1) is 11.3 Å². The zero-order valence-electron chi connectivity index (χ0n) is 21.0. The first-order valence-electron chi connectivity index (χ1n) is 12.0. The number of hydrogen-bond donors (Lipinski definition) is 0. The van der Waals surface area contributed by atoms with Crippen LogP contribution in [-0.2, 0) is 16.1 Å². The highest BCUT2D eigenvalue weighted by atomic mass is 127. The predicted octanol–water partition coefficient (Wildman–Crippen LogP) is 6.95. The molecule has 1 aliphatic rings. The lowest BCUT2D eigenvalue weighted by molar-refractivity contribution is -0.139. The van der Waals surface area contributed by atoms with Gasteiger partial charge in [0, 0.05) is 4.88 Å². The molecule has 0 saturated carbocycles. The van der Waals surface area contributed by atoms with E-state index in [1.54, 1.807) is 30.5 Å². The molecule has 6 nitrogen and oxygen atoms in total. The van der Waals surface area contributed by atoms with Crippen LogP contribution >= 0.6 is 91.1 Å². The molecule has 3 heterocycles. The topological polar surface area (TPSA) is 69.9 Å². The summed E-state index contributed by atoms with van der Waals surface area (Å²) in [5, 5.41) is 2.91. The predicted molar refractivity (Wildman–Crippen MR) is 177 cm³/mol. The minimum Gasteiger partial charge on any atom is -0.487 e. The number of aromatic nitrogens is 1. The van der Waals surface area contributed by atoms with Crippen molar-refractivity contribution in [2.45, 2.75) is 26.5 Å². The largest absolute Gasteiger partial charge is 0.487 e. The van der Waals surface area contributed by atoms with Crippen molar-refractivity contribution in [1.29, 1.82) is 0 Å². The Morgan fingerprint density at radius 2 is 1.90 bits per heavy atom. The van der Waals surface area contributed by atoms with E-state index in [9.17, 15) is 9.59 Å². The summed E-state index contributed by atoms with van der Waals surface area (Å²) in [4.78, 5) is 32.8. The minimum atomic E-state index is -0.588. The maximum absolute atomic E-state index is 13.8. The van der Waals surface area contributed by atoms with Gasteiger partial charge in [-0.1, -0.05) is 46.7 Å². The van der Waals surface area contributed by atoms with Gasteiger partial charge in [-0.05, 0) is 112 Å². The number of thiophene rings is 1. The number of fused-ring (bicyclic) bond motifs is 1. The van der Waals surface area contributed by atoms with Gasteiger partial charge in [0.2, 0.25) is 0 Å². The molecule has 1 atom stereocenters. The van der Waals surface area contributed by atoms with E-state index in [-0.39, 0.29) is 12.2 Å². The van der Waals surface area contributed by atoms with Crippen LogP contribution in [0.3, 0.4) is 0 Å². The second-order valence-corrected chi connectivity index (χ2v) is 13.8. The van der Waals surface area contributed by atoms with E-state index in [4.69, 9.17) is 32.7 Å². The van der Waals surface area contributed by atoms with Crippen molar-refractivity contribution >= 4 is 103 Å². The number of hydrogen-bond acceptors (Lipinski definition) is 7. The van der Waals surface area contributed by atoms with Crippen LogP contribution in [0.1, 0.15) is 35.9 Å². The highest BCUT2D eigenvalue weighted by Gasteiger charge is 2.33. The second-order valence-electron chi connectivity index (χ2n) is 8.67. The second kappa shape index (κ2) is 12.7. The van der Waals surface area contributed by atoms with E-state index in [1.807, 2.05) is 41.8 Å². The Morgan fingerprint density at radius 3 is 2.55 bits per heavy atom. The number of nitrogens with zero attached hydrogens (tertiary/aromatic N) is 2. The van der Waals surface area contributed by atoms with Crippen LogP contribution < -0.4 is 19.6 Å². The molecule has 0 fully saturated rings. The van der Waals surface area contributed by atoms with Gasteiger partial charge in [-0.25, -0.2) is 9.79 Å². The van der Waals surface area contributed by atoms with Crippen LogP contribution in [-0.4, -0.2) is 17.1 Å². The van der Waals surface area contributed by atoms with Crippen molar-refractivity contribution < 1.29 is 14.3 Å². The summed E-state index contributed by atoms with van der Waals surface area (Å²) in [5.41, 5.74) is 2.49. The molecule has 0 spiro atoms. The third kappa shape index (κ3) is 6.07. The van der Waals surface area contributed by atoms with Crippen molar-refractivity contribution in [3.63, 3.8) is 0 Å². The molecule has 0 amide bonds. The van der Waals surface area contributed by atoms with Gasteiger partial charge in [0.05, 0.1) is 39.6 Å². The number of thiazole rings is 1. The number of carbonyl (C=O) groups excluding carboxylic acids is 1. The molecule has 0 unspecified atom stereocenters. The van der Waals surface area contributed by atoms with E-state index < -0.39 is 12.0 Å². The fourth-order valence-corrected chi connectivity index (χ4v) is 8.56. The SMILES string of the molecule is CCOC(=O)C1=C(C)N=c2s/c(=C/c3cc(I)c(OCc4ccc(Cl)c(Cl)c4)c(I)c3)c(=O)n2[C@H]1c1cccs1. The summed E-state index contributed by atoms with van der Waals surface area (Å²) in [5.74, 6) is 0.287. The molecule has 0 saturated heterocycles. The van der Waals surface area contributed by atoms with Crippen molar-refractivity contribution in [2.24, 2.45) is 4.99 Å². The molecule has 0 radical (unpaired) electrons. The summed E-state index contributed by atoms with van der Waals surface area (Å²) < 4.78 is 15.4. The molecule has 5 rings (SSSR count). The molecular formula is C28H20Cl2I2N2O4S2. The average Bonchev–Trinajstić information content (AvgIpc) is 3.53. The van der Waals surface area contributed by atoms with Gasteiger partial charge in [-0.3, -0.25) is 9.36 Å². The standard InChI is InChI=1S/C28H20Cl2I2N2O4S2/c1-3-37-27(36)23-14(2)33-28-34(24(23)21-5-4-8-39-21)26(35)22(40-28)12-16-10-19(31)25(20(32)11-16)38-13-15-6-7-17(29)18(30)9-15/h4-12,24H,3,13H2,1-2H3/b22-12+/t24-/m0/s1. The van der Waals surface area contributed by atoms with Gasteiger partial charge in [0.25, 0.3) is 5.56 Å². The first kappa shape index (κ1) is 29.8. The molecule has 2 aromatic carbocycles. The summed E-state index contributed by atoms with van der Waals surface area (Å²) >= 11 is 19.4. The molecule has 0 N–H and O–H groups in total. The minimum absolute atomic E-state index is 0.207. The van der Waals surface area contributed by atoms with Gasteiger partial charge in [0.1, 0.15) is 18.4 Å². The zero-order valence-corrected chi connectivity index (χ0v) is 28.5. The van der Waals surface area contributed by atoms with Gasteiger partial charge < -0.3 is 9.47 Å². The molecule has 0 aliphatic carbocycles. The van der Waals surface area contributed by atoms with Crippen molar-refractivity contribution in [1.82, 2.24) is 4.57 Å². The Bertz CT molecular complexity index is 1810. The van der Waals surface area contributed by atoms with Gasteiger partial charge in [-0.2, -0.15) is 0 Å². The smallest absolute Gasteiger partial charge is 0.338 e. The maximum Gasteiger partial charge on any atom is 0.338 e. The maximum atomic E-state index is 13.8. The van der Waals surface area contributed by atoms with Crippen LogP contribution in [0.4, 0.5) is 0 Å². The lowest BCUT2D eigenvalue weighted by atomic mass is 10.0. The normalized spacial score (nSPS) is 15.2. The lowest BCUT2D eigenvalue weighted by Gasteiger charge is -2.23. The van der Waals surface area contributed by atoms with Crippen LogP contribution in [0, 0.1) is 7.14 Å².